The highest BCUT2D eigenvalue weighted by molar-refractivity contribution is 6.30. The van der Waals surface area contributed by atoms with E-state index in [2.05, 4.69) is 19.9 Å². The maximum Gasteiger partial charge on any atom is 0.410 e. The number of carbonyl (C=O) groups excluding carboxylic acids is 1. The lowest BCUT2D eigenvalue weighted by atomic mass is 10.2. The largest absolute Gasteiger partial charge is 0.447 e. The van der Waals surface area contributed by atoms with Crippen LogP contribution >= 0.6 is 11.6 Å². The Morgan fingerprint density at radius 1 is 1.04 bits per heavy atom. The number of hydrogen-bond acceptors (Lipinski definition) is 7. The Bertz CT molecular complexity index is 758. The molecule has 1 aromatic heterocycles. The minimum absolute atomic E-state index is 0.215. The van der Waals surface area contributed by atoms with E-state index in [0.717, 1.165) is 31.7 Å². The second-order valence-electron chi connectivity index (χ2n) is 6.43. The fourth-order valence-corrected chi connectivity index (χ4v) is 3.24. The van der Waals surface area contributed by atoms with Gasteiger partial charge in [0, 0.05) is 36.8 Å². The van der Waals surface area contributed by atoms with Crippen molar-refractivity contribution in [2.45, 2.75) is 6.54 Å². The molecule has 26 heavy (non-hydrogen) atoms. The van der Waals surface area contributed by atoms with E-state index in [1.54, 1.807) is 4.90 Å². The Balaban J connectivity index is 1.28. The van der Waals surface area contributed by atoms with Crippen molar-refractivity contribution in [1.29, 1.82) is 0 Å². The molecule has 3 heterocycles. The molecule has 0 spiro atoms. The Morgan fingerprint density at radius 3 is 2.46 bits per heavy atom. The van der Waals surface area contributed by atoms with Crippen molar-refractivity contribution in [2.24, 2.45) is 0 Å². The van der Waals surface area contributed by atoms with Crippen LogP contribution in [0.3, 0.4) is 0 Å². The minimum Gasteiger partial charge on any atom is -0.447 e. The normalized spacial score (nSPS) is 19.1. The molecule has 0 radical (unpaired) electrons. The first-order valence-electron chi connectivity index (χ1n) is 8.62. The summed E-state index contributed by atoms with van der Waals surface area (Å²) in [6.07, 6.45) is -0.215. The molecule has 0 unspecified atom stereocenters. The first-order valence-corrected chi connectivity index (χ1v) is 9.00. The van der Waals surface area contributed by atoms with E-state index < -0.39 is 0 Å². The molecule has 1 amide bonds. The molecule has 2 aliphatic heterocycles. The first-order chi connectivity index (χ1) is 12.7. The monoisotopic (exact) mass is 377 g/mol. The quantitative estimate of drug-likeness (QED) is 0.787. The Kier molecular flexibility index (Phi) is 5.05. The van der Waals surface area contributed by atoms with Crippen LogP contribution in [0.2, 0.25) is 5.02 Å². The second-order valence-corrected chi connectivity index (χ2v) is 6.87. The molecule has 1 aromatic carbocycles. The number of hydrogen-bond donors (Lipinski definition) is 0. The molecule has 2 fully saturated rings. The van der Waals surface area contributed by atoms with Gasteiger partial charge in [0.2, 0.25) is 11.7 Å². The van der Waals surface area contributed by atoms with Gasteiger partial charge in [-0.3, -0.25) is 14.7 Å². The summed E-state index contributed by atoms with van der Waals surface area (Å²) in [5.41, 5.74) is 0.881. The number of amides is 1. The number of ether oxygens (including phenoxy) is 1. The van der Waals surface area contributed by atoms with Gasteiger partial charge in [-0.2, -0.15) is 4.98 Å². The average molecular weight is 378 g/mol. The van der Waals surface area contributed by atoms with E-state index in [1.165, 1.54) is 0 Å². The Hall–Kier alpha value is -2.16. The molecule has 0 bridgehead atoms. The fraction of sp³-hybridized carbons (Fsp3) is 0.471. The lowest BCUT2D eigenvalue weighted by Crippen LogP contribution is -2.49. The molecule has 138 valence electrons. The molecule has 0 atom stereocenters. The molecule has 2 aliphatic rings. The molecule has 8 nitrogen and oxygen atoms in total. The summed E-state index contributed by atoms with van der Waals surface area (Å²) in [5, 5.41) is 4.73. The van der Waals surface area contributed by atoms with E-state index in [9.17, 15) is 4.79 Å². The number of halogens is 1. The predicted octanol–water partition coefficient (Wildman–Crippen LogP) is 1.92. The predicted molar refractivity (Wildman–Crippen MR) is 94.5 cm³/mol. The maximum atomic E-state index is 11.5. The zero-order valence-corrected chi connectivity index (χ0v) is 15.1. The number of nitrogens with zero attached hydrogens (tertiary/aromatic N) is 5. The van der Waals surface area contributed by atoms with Gasteiger partial charge in [0.05, 0.1) is 19.8 Å². The third-order valence-corrected chi connectivity index (χ3v) is 4.86. The molecule has 4 rings (SSSR count). The zero-order chi connectivity index (χ0) is 17.9. The van der Waals surface area contributed by atoms with Crippen molar-refractivity contribution >= 4 is 17.7 Å². The number of rotatable bonds is 5. The van der Waals surface area contributed by atoms with Crippen molar-refractivity contribution in [3.63, 3.8) is 0 Å². The molecular formula is C17H20ClN5O3. The number of carbonyl (C=O) groups is 1. The van der Waals surface area contributed by atoms with Gasteiger partial charge in [0.25, 0.3) is 0 Å². The summed E-state index contributed by atoms with van der Waals surface area (Å²) >= 11 is 5.90. The van der Waals surface area contributed by atoms with Crippen molar-refractivity contribution < 1.29 is 14.1 Å². The third kappa shape index (κ3) is 3.98. The summed E-state index contributed by atoms with van der Waals surface area (Å²) in [5.74, 6) is 1.18. The van der Waals surface area contributed by atoms with E-state index in [4.69, 9.17) is 20.9 Å². The number of aromatic nitrogens is 2. The van der Waals surface area contributed by atoms with Crippen LogP contribution in [0.1, 0.15) is 5.89 Å². The minimum atomic E-state index is -0.215. The highest BCUT2D eigenvalue weighted by atomic mass is 35.5. The van der Waals surface area contributed by atoms with Gasteiger partial charge in [-0.15, -0.1) is 0 Å². The van der Waals surface area contributed by atoms with Crippen molar-refractivity contribution in [2.75, 3.05) is 46.0 Å². The van der Waals surface area contributed by atoms with Crippen LogP contribution in [-0.4, -0.2) is 76.9 Å². The summed E-state index contributed by atoms with van der Waals surface area (Å²) in [6, 6.07) is 7.36. The summed E-state index contributed by atoms with van der Waals surface area (Å²) in [4.78, 5) is 22.3. The van der Waals surface area contributed by atoms with Crippen LogP contribution in [0, 0.1) is 0 Å². The van der Waals surface area contributed by atoms with Gasteiger partial charge in [0.15, 0.2) is 0 Å². The van der Waals surface area contributed by atoms with Crippen molar-refractivity contribution in [1.82, 2.24) is 24.8 Å². The van der Waals surface area contributed by atoms with Gasteiger partial charge >= 0.3 is 6.09 Å². The molecule has 2 aromatic rings. The highest BCUT2D eigenvalue weighted by Gasteiger charge is 2.26. The van der Waals surface area contributed by atoms with Gasteiger partial charge in [-0.25, -0.2) is 4.79 Å². The lowest BCUT2D eigenvalue weighted by Gasteiger charge is -2.35. The standard InChI is InChI=1S/C17H20ClN5O3/c18-14-3-1-13(2-4-14)16-19-15(26-20-16)11-21-5-7-22(8-6-21)12-23-9-10-25-17(23)24/h1-4H,5-12H2. The van der Waals surface area contributed by atoms with E-state index in [-0.39, 0.29) is 6.09 Å². The molecule has 9 heteroatoms. The zero-order valence-electron chi connectivity index (χ0n) is 14.3. The van der Waals surface area contributed by atoms with Crippen LogP contribution in [-0.2, 0) is 11.3 Å². The van der Waals surface area contributed by atoms with Crippen LogP contribution in [0.4, 0.5) is 4.79 Å². The topological polar surface area (TPSA) is 74.9 Å². The molecule has 0 aliphatic carbocycles. The van der Waals surface area contributed by atoms with Crippen LogP contribution in [0.25, 0.3) is 11.4 Å². The van der Waals surface area contributed by atoms with E-state index in [0.29, 0.717) is 43.1 Å². The van der Waals surface area contributed by atoms with Gasteiger partial charge in [-0.05, 0) is 24.3 Å². The Labute approximate surface area is 156 Å². The third-order valence-electron chi connectivity index (χ3n) is 4.61. The average Bonchev–Trinajstić information content (AvgIpc) is 3.27. The summed E-state index contributed by atoms with van der Waals surface area (Å²) in [7, 11) is 0. The molecule has 0 N–H and O–H groups in total. The lowest BCUT2D eigenvalue weighted by molar-refractivity contribution is 0.0788. The SMILES string of the molecule is O=C1OCCN1CN1CCN(Cc2nc(-c3ccc(Cl)cc3)no2)CC1. The van der Waals surface area contributed by atoms with Crippen LogP contribution in [0.5, 0.6) is 0 Å². The van der Waals surface area contributed by atoms with Crippen LogP contribution in [0.15, 0.2) is 28.8 Å². The number of piperazine rings is 1. The highest BCUT2D eigenvalue weighted by Crippen LogP contribution is 2.19. The molecule has 2 saturated heterocycles. The van der Waals surface area contributed by atoms with Crippen LogP contribution < -0.4 is 0 Å². The number of cyclic esters (lactones) is 1. The van der Waals surface area contributed by atoms with Gasteiger partial charge in [-0.1, -0.05) is 16.8 Å². The van der Waals surface area contributed by atoms with Crippen molar-refractivity contribution in [3.8, 4) is 11.4 Å². The molecule has 0 saturated carbocycles. The van der Waals surface area contributed by atoms with E-state index >= 15 is 0 Å². The van der Waals surface area contributed by atoms with E-state index in [1.807, 2.05) is 24.3 Å². The Morgan fingerprint density at radius 2 is 1.77 bits per heavy atom. The molecular weight excluding hydrogens is 358 g/mol. The van der Waals surface area contributed by atoms with Gasteiger partial charge in [0.1, 0.15) is 6.61 Å². The smallest absolute Gasteiger partial charge is 0.410 e. The summed E-state index contributed by atoms with van der Waals surface area (Å²) in [6.45, 7) is 5.99. The first kappa shape index (κ1) is 17.3. The number of benzene rings is 1. The van der Waals surface area contributed by atoms with Crippen molar-refractivity contribution in [3.05, 3.63) is 35.2 Å². The second kappa shape index (κ2) is 7.61. The van der Waals surface area contributed by atoms with Gasteiger partial charge < -0.3 is 9.26 Å². The summed E-state index contributed by atoms with van der Waals surface area (Å²) < 4.78 is 10.3. The fourth-order valence-electron chi connectivity index (χ4n) is 3.11. The maximum absolute atomic E-state index is 11.5.